The van der Waals surface area contributed by atoms with Crippen LogP contribution in [0.3, 0.4) is 0 Å². The summed E-state index contributed by atoms with van der Waals surface area (Å²) in [6.45, 7) is 2.25. The van der Waals surface area contributed by atoms with E-state index in [0.29, 0.717) is 11.5 Å². The van der Waals surface area contributed by atoms with Crippen molar-refractivity contribution in [3.8, 4) is 0 Å². The van der Waals surface area contributed by atoms with E-state index in [2.05, 4.69) is 6.92 Å². The number of carbonyl (C=O) groups excluding carboxylic acids is 1. The minimum absolute atomic E-state index is 0.317. The first kappa shape index (κ1) is 24.1. The number of carbonyl (C=O) groups is 1. The van der Waals surface area contributed by atoms with E-state index in [1.54, 1.807) is 21.3 Å². The van der Waals surface area contributed by atoms with Crippen molar-refractivity contribution in [3.63, 3.8) is 0 Å². The van der Waals surface area contributed by atoms with Gasteiger partial charge in [0.1, 0.15) is 0 Å². The second-order valence-electron chi connectivity index (χ2n) is 6.20. The Bertz CT molecular complexity index is 290. The molecule has 0 saturated heterocycles. The van der Waals surface area contributed by atoms with Gasteiger partial charge in [-0.25, -0.2) is 0 Å². The molecule has 4 nitrogen and oxygen atoms in total. The van der Waals surface area contributed by atoms with E-state index in [-0.39, 0.29) is 0 Å². The fourth-order valence-corrected chi connectivity index (χ4v) is 5.47. The van der Waals surface area contributed by atoms with Gasteiger partial charge in [0.25, 0.3) is 0 Å². The van der Waals surface area contributed by atoms with Crippen LogP contribution in [0.15, 0.2) is 0 Å². The van der Waals surface area contributed by atoms with E-state index in [1.807, 2.05) is 0 Å². The van der Waals surface area contributed by atoms with Crippen molar-refractivity contribution >= 4 is 25.7 Å². The summed E-state index contributed by atoms with van der Waals surface area (Å²) in [4.78, 5) is 11.9. The SMILES string of the molecule is CCCCCCCCCCCC(=O)SCCC[Si](OC)(OC)OC. The highest BCUT2D eigenvalue weighted by atomic mass is 32.2. The molecule has 24 heavy (non-hydrogen) atoms. The van der Waals surface area contributed by atoms with Crippen LogP contribution in [-0.4, -0.2) is 41.0 Å². The van der Waals surface area contributed by atoms with Gasteiger partial charge >= 0.3 is 8.80 Å². The molecule has 0 spiro atoms. The number of hydrogen-bond donors (Lipinski definition) is 0. The van der Waals surface area contributed by atoms with Crippen molar-refractivity contribution in [2.45, 2.75) is 83.6 Å². The number of hydrogen-bond acceptors (Lipinski definition) is 5. The average molecular weight is 379 g/mol. The fraction of sp³-hybridized carbons (Fsp3) is 0.944. The first-order valence-corrected chi connectivity index (χ1v) is 12.4. The summed E-state index contributed by atoms with van der Waals surface area (Å²) >= 11 is 1.44. The van der Waals surface area contributed by atoms with Gasteiger partial charge in [0, 0.05) is 39.5 Å². The van der Waals surface area contributed by atoms with Gasteiger partial charge in [-0.15, -0.1) is 0 Å². The molecular formula is C18H38O4SSi. The maximum absolute atomic E-state index is 11.9. The van der Waals surface area contributed by atoms with Gasteiger partial charge in [-0.2, -0.15) is 0 Å². The van der Waals surface area contributed by atoms with Crippen molar-refractivity contribution in [3.05, 3.63) is 0 Å². The lowest BCUT2D eigenvalue weighted by molar-refractivity contribution is -0.111. The van der Waals surface area contributed by atoms with E-state index in [0.717, 1.165) is 24.6 Å². The molecule has 0 amide bonds. The quantitative estimate of drug-likeness (QED) is 0.249. The second-order valence-corrected chi connectivity index (χ2v) is 10.4. The molecule has 0 heterocycles. The average Bonchev–Trinajstić information content (AvgIpc) is 2.61. The minimum atomic E-state index is -2.47. The van der Waals surface area contributed by atoms with Gasteiger partial charge in [-0.1, -0.05) is 70.1 Å². The summed E-state index contributed by atoms with van der Waals surface area (Å²) in [7, 11) is 2.41. The summed E-state index contributed by atoms with van der Waals surface area (Å²) < 4.78 is 16.1. The fourth-order valence-electron chi connectivity index (χ4n) is 2.68. The molecule has 0 fully saturated rings. The Hall–Kier alpha value is 0.117. The standard InChI is InChI=1S/C18H38O4SSi/c1-5-6-7-8-9-10-11-12-13-15-18(19)23-16-14-17-24(20-2,21-3)22-4/h5-17H2,1-4H3. The van der Waals surface area contributed by atoms with Crippen LogP contribution in [-0.2, 0) is 18.1 Å². The van der Waals surface area contributed by atoms with Crippen molar-refractivity contribution < 1.29 is 18.1 Å². The molecule has 0 rings (SSSR count). The van der Waals surface area contributed by atoms with E-state index in [1.165, 1.54) is 63.1 Å². The van der Waals surface area contributed by atoms with Crippen LogP contribution in [0.5, 0.6) is 0 Å². The zero-order chi connectivity index (χ0) is 18.1. The topological polar surface area (TPSA) is 44.8 Å². The van der Waals surface area contributed by atoms with Crippen LogP contribution in [0.1, 0.15) is 77.6 Å². The molecule has 6 heteroatoms. The van der Waals surface area contributed by atoms with Gasteiger partial charge in [0.05, 0.1) is 0 Å². The molecular weight excluding hydrogens is 340 g/mol. The Morgan fingerprint density at radius 2 is 1.29 bits per heavy atom. The third kappa shape index (κ3) is 12.5. The minimum Gasteiger partial charge on any atom is -0.377 e. The van der Waals surface area contributed by atoms with E-state index < -0.39 is 8.80 Å². The van der Waals surface area contributed by atoms with Gasteiger partial charge in [0.2, 0.25) is 0 Å². The Kier molecular flexibility index (Phi) is 16.7. The smallest absolute Gasteiger partial charge is 0.377 e. The Balaban J connectivity index is 3.47. The monoisotopic (exact) mass is 378 g/mol. The predicted octanol–water partition coefficient (Wildman–Crippen LogP) is 5.44. The van der Waals surface area contributed by atoms with E-state index in [4.69, 9.17) is 13.3 Å². The molecule has 0 unspecified atom stereocenters. The zero-order valence-corrected chi connectivity index (χ0v) is 18.1. The normalized spacial score (nSPS) is 11.8. The summed E-state index contributed by atoms with van der Waals surface area (Å²) in [6.07, 6.45) is 13.2. The Morgan fingerprint density at radius 3 is 1.79 bits per heavy atom. The second kappa shape index (κ2) is 16.6. The Morgan fingerprint density at radius 1 is 0.792 bits per heavy atom. The largest absolute Gasteiger partial charge is 0.500 e. The van der Waals surface area contributed by atoms with Gasteiger partial charge in [-0.05, 0) is 12.8 Å². The lowest BCUT2D eigenvalue weighted by Gasteiger charge is -2.23. The third-order valence-electron chi connectivity index (χ3n) is 4.31. The highest BCUT2D eigenvalue weighted by Gasteiger charge is 2.36. The lowest BCUT2D eigenvalue weighted by Crippen LogP contribution is -2.42. The highest BCUT2D eigenvalue weighted by molar-refractivity contribution is 8.13. The number of rotatable bonds is 17. The molecule has 0 bridgehead atoms. The lowest BCUT2D eigenvalue weighted by atomic mass is 10.1. The van der Waals surface area contributed by atoms with E-state index >= 15 is 0 Å². The predicted molar refractivity (Wildman–Crippen MR) is 106 cm³/mol. The molecule has 0 aliphatic carbocycles. The molecule has 0 aliphatic rings. The van der Waals surface area contributed by atoms with Gasteiger partial charge in [0.15, 0.2) is 5.12 Å². The summed E-state index contributed by atoms with van der Waals surface area (Å²) in [5.74, 6) is 0.821. The van der Waals surface area contributed by atoms with Crippen molar-refractivity contribution in [2.75, 3.05) is 27.1 Å². The maximum atomic E-state index is 11.9. The van der Waals surface area contributed by atoms with Crippen LogP contribution in [0.25, 0.3) is 0 Å². The number of unbranched alkanes of at least 4 members (excludes halogenated alkanes) is 8. The number of thioether (sulfide) groups is 1. The molecule has 0 radical (unpaired) electrons. The third-order valence-corrected chi connectivity index (χ3v) is 8.16. The van der Waals surface area contributed by atoms with Crippen LogP contribution >= 0.6 is 11.8 Å². The van der Waals surface area contributed by atoms with Gasteiger partial charge in [-0.3, -0.25) is 4.79 Å². The van der Waals surface area contributed by atoms with Crippen molar-refractivity contribution in [2.24, 2.45) is 0 Å². The van der Waals surface area contributed by atoms with E-state index in [9.17, 15) is 4.79 Å². The first-order valence-electron chi connectivity index (χ1n) is 9.45. The first-order chi connectivity index (χ1) is 11.6. The summed E-state index contributed by atoms with van der Waals surface area (Å²) in [5, 5.41) is 0.317. The van der Waals surface area contributed by atoms with Crippen LogP contribution < -0.4 is 0 Å². The Labute approximate surface area is 154 Å². The summed E-state index contributed by atoms with van der Waals surface area (Å²) in [6, 6.07) is 0.759. The van der Waals surface area contributed by atoms with Crippen LogP contribution in [0.4, 0.5) is 0 Å². The van der Waals surface area contributed by atoms with Gasteiger partial charge < -0.3 is 13.3 Å². The molecule has 0 N–H and O–H groups in total. The zero-order valence-electron chi connectivity index (χ0n) is 16.2. The molecule has 0 aliphatic heterocycles. The van der Waals surface area contributed by atoms with Crippen molar-refractivity contribution in [1.29, 1.82) is 0 Å². The molecule has 0 saturated carbocycles. The molecule has 0 aromatic heterocycles. The summed E-state index contributed by atoms with van der Waals surface area (Å²) in [5.41, 5.74) is 0. The van der Waals surface area contributed by atoms with Crippen LogP contribution in [0, 0.1) is 0 Å². The maximum Gasteiger partial charge on any atom is 0.500 e. The van der Waals surface area contributed by atoms with Crippen LogP contribution in [0.2, 0.25) is 6.04 Å². The molecule has 0 atom stereocenters. The molecule has 0 aromatic rings. The van der Waals surface area contributed by atoms with Crippen molar-refractivity contribution in [1.82, 2.24) is 0 Å². The highest BCUT2D eigenvalue weighted by Crippen LogP contribution is 2.19. The molecule has 144 valence electrons. The molecule has 0 aromatic carbocycles.